The molecular weight excluding hydrogens is 226 g/mol. The maximum atomic E-state index is 5.74. The van der Waals surface area contributed by atoms with Gasteiger partial charge >= 0.3 is 0 Å². The molecule has 0 aliphatic rings. The maximum Gasteiger partial charge on any atom is 0.229 e. The van der Waals surface area contributed by atoms with Gasteiger partial charge in [-0.25, -0.2) is 0 Å². The van der Waals surface area contributed by atoms with Crippen molar-refractivity contribution in [3.63, 3.8) is 0 Å². The summed E-state index contributed by atoms with van der Waals surface area (Å²) in [5.41, 5.74) is 5.74. The van der Waals surface area contributed by atoms with Crippen molar-refractivity contribution in [2.75, 3.05) is 0 Å². The van der Waals surface area contributed by atoms with Crippen molar-refractivity contribution in [2.45, 2.75) is 71.8 Å². The van der Waals surface area contributed by atoms with E-state index < -0.39 is 0 Å². The Morgan fingerprint density at radius 3 is 2.44 bits per heavy atom. The Morgan fingerprint density at radius 2 is 1.83 bits per heavy atom. The van der Waals surface area contributed by atoms with Gasteiger partial charge in [0.05, 0.1) is 0 Å². The van der Waals surface area contributed by atoms with Crippen molar-refractivity contribution >= 4 is 0 Å². The fourth-order valence-electron chi connectivity index (χ4n) is 1.86. The molecule has 1 rings (SSSR count). The van der Waals surface area contributed by atoms with Crippen molar-refractivity contribution in [1.82, 2.24) is 10.1 Å². The molecule has 1 aromatic heterocycles. The minimum absolute atomic E-state index is 0.279. The molecule has 2 unspecified atom stereocenters. The molecule has 2 N–H and O–H groups in total. The van der Waals surface area contributed by atoms with Crippen LogP contribution in [0.1, 0.15) is 71.0 Å². The van der Waals surface area contributed by atoms with E-state index in [9.17, 15) is 0 Å². The largest absolute Gasteiger partial charge is 0.339 e. The average Bonchev–Trinajstić information content (AvgIpc) is 2.74. The molecule has 104 valence electrons. The number of rotatable bonds is 8. The summed E-state index contributed by atoms with van der Waals surface area (Å²) in [6.07, 6.45) is 5.25. The van der Waals surface area contributed by atoms with Gasteiger partial charge in [-0.3, -0.25) is 0 Å². The smallest absolute Gasteiger partial charge is 0.229 e. The third-order valence-corrected chi connectivity index (χ3v) is 3.15. The first-order valence-corrected chi connectivity index (χ1v) is 7.07. The highest BCUT2D eigenvalue weighted by atomic mass is 16.5. The highest BCUT2D eigenvalue weighted by Gasteiger charge is 2.14. The van der Waals surface area contributed by atoms with Crippen LogP contribution in [0.3, 0.4) is 0 Å². The SMILES string of the molecule is CC(C)CCc1noc(C(C)CCCC(C)N)n1. The van der Waals surface area contributed by atoms with Crippen LogP contribution in [-0.2, 0) is 6.42 Å². The van der Waals surface area contributed by atoms with E-state index in [1.54, 1.807) is 0 Å². The molecule has 0 bridgehead atoms. The van der Waals surface area contributed by atoms with Gasteiger partial charge in [-0.05, 0) is 32.1 Å². The van der Waals surface area contributed by atoms with Gasteiger partial charge < -0.3 is 10.3 Å². The summed E-state index contributed by atoms with van der Waals surface area (Å²) >= 11 is 0. The van der Waals surface area contributed by atoms with Crippen LogP contribution < -0.4 is 5.73 Å². The van der Waals surface area contributed by atoms with Crippen LogP contribution in [0.4, 0.5) is 0 Å². The van der Waals surface area contributed by atoms with E-state index in [-0.39, 0.29) is 6.04 Å². The van der Waals surface area contributed by atoms with Crippen molar-refractivity contribution < 1.29 is 4.52 Å². The molecule has 0 radical (unpaired) electrons. The van der Waals surface area contributed by atoms with Crippen LogP contribution in [0.5, 0.6) is 0 Å². The number of hydrogen-bond donors (Lipinski definition) is 1. The van der Waals surface area contributed by atoms with E-state index >= 15 is 0 Å². The Hall–Kier alpha value is -0.900. The van der Waals surface area contributed by atoms with E-state index in [1.165, 1.54) is 0 Å². The lowest BCUT2D eigenvalue weighted by Crippen LogP contribution is -2.14. The molecule has 0 spiro atoms. The van der Waals surface area contributed by atoms with E-state index in [0.29, 0.717) is 11.8 Å². The molecule has 0 aliphatic carbocycles. The number of aryl methyl sites for hydroxylation is 1. The molecule has 4 nitrogen and oxygen atoms in total. The molecule has 0 amide bonds. The third kappa shape index (κ3) is 5.63. The Bertz CT molecular complexity index is 334. The predicted octanol–water partition coefficient (Wildman–Crippen LogP) is 3.28. The second kappa shape index (κ2) is 7.52. The molecular formula is C14H27N3O. The summed E-state index contributed by atoms with van der Waals surface area (Å²) in [4.78, 5) is 4.47. The Morgan fingerprint density at radius 1 is 1.11 bits per heavy atom. The molecule has 4 heteroatoms. The van der Waals surface area contributed by atoms with Crippen LogP contribution in [0.2, 0.25) is 0 Å². The van der Waals surface area contributed by atoms with Gasteiger partial charge in [-0.2, -0.15) is 4.98 Å². The van der Waals surface area contributed by atoms with Gasteiger partial charge in [0.1, 0.15) is 0 Å². The molecule has 2 atom stereocenters. The first kappa shape index (κ1) is 15.2. The Balaban J connectivity index is 2.36. The molecule has 0 saturated heterocycles. The van der Waals surface area contributed by atoms with Crippen LogP contribution in [0, 0.1) is 5.92 Å². The Kier molecular flexibility index (Phi) is 6.33. The standard InChI is InChI=1S/C14H27N3O/c1-10(2)8-9-13-16-14(18-17-13)11(3)6-5-7-12(4)15/h10-12H,5-9,15H2,1-4H3. The summed E-state index contributed by atoms with van der Waals surface area (Å²) in [6, 6.07) is 0.279. The van der Waals surface area contributed by atoms with Crippen molar-refractivity contribution in [2.24, 2.45) is 11.7 Å². The highest BCUT2D eigenvalue weighted by Crippen LogP contribution is 2.20. The monoisotopic (exact) mass is 253 g/mol. The molecule has 0 fully saturated rings. The van der Waals surface area contributed by atoms with Gasteiger partial charge in [-0.1, -0.05) is 32.3 Å². The average molecular weight is 253 g/mol. The number of hydrogen-bond acceptors (Lipinski definition) is 4. The molecule has 0 aliphatic heterocycles. The van der Waals surface area contributed by atoms with E-state index in [0.717, 1.165) is 43.8 Å². The number of nitrogens with zero attached hydrogens (tertiary/aromatic N) is 2. The minimum Gasteiger partial charge on any atom is -0.339 e. The fourth-order valence-corrected chi connectivity index (χ4v) is 1.86. The first-order chi connectivity index (χ1) is 8.49. The second-order valence-corrected chi connectivity index (χ2v) is 5.79. The summed E-state index contributed by atoms with van der Waals surface area (Å²) in [5.74, 6) is 2.63. The van der Waals surface area contributed by atoms with Crippen molar-refractivity contribution in [3.05, 3.63) is 11.7 Å². The highest BCUT2D eigenvalue weighted by molar-refractivity contribution is 4.92. The zero-order chi connectivity index (χ0) is 13.5. The van der Waals surface area contributed by atoms with Crippen LogP contribution >= 0.6 is 0 Å². The lowest BCUT2D eigenvalue weighted by atomic mass is 10.0. The molecule has 18 heavy (non-hydrogen) atoms. The first-order valence-electron chi connectivity index (χ1n) is 7.07. The number of nitrogens with two attached hydrogens (primary N) is 1. The fraction of sp³-hybridized carbons (Fsp3) is 0.857. The third-order valence-electron chi connectivity index (χ3n) is 3.15. The van der Waals surface area contributed by atoms with Gasteiger partial charge in [0.25, 0.3) is 0 Å². The van der Waals surface area contributed by atoms with Gasteiger partial charge in [0.2, 0.25) is 5.89 Å². The summed E-state index contributed by atoms with van der Waals surface area (Å²) in [6.45, 7) is 8.59. The molecule has 0 saturated carbocycles. The summed E-state index contributed by atoms with van der Waals surface area (Å²) in [5, 5.41) is 4.04. The second-order valence-electron chi connectivity index (χ2n) is 5.79. The normalized spacial score (nSPS) is 15.0. The van der Waals surface area contributed by atoms with Gasteiger partial charge in [0, 0.05) is 18.4 Å². The molecule has 1 aromatic rings. The minimum atomic E-state index is 0.279. The van der Waals surface area contributed by atoms with Crippen molar-refractivity contribution in [1.29, 1.82) is 0 Å². The zero-order valence-corrected chi connectivity index (χ0v) is 12.1. The quantitative estimate of drug-likeness (QED) is 0.772. The van der Waals surface area contributed by atoms with E-state index in [1.807, 2.05) is 6.92 Å². The maximum absolute atomic E-state index is 5.74. The van der Waals surface area contributed by atoms with E-state index in [2.05, 4.69) is 30.9 Å². The Labute approximate surface area is 110 Å². The zero-order valence-electron chi connectivity index (χ0n) is 12.1. The lowest BCUT2D eigenvalue weighted by molar-refractivity contribution is 0.345. The van der Waals surface area contributed by atoms with Gasteiger partial charge in [-0.15, -0.1) is 0 Å². The topological polar surface area (TPSA) is 64.9 Å². The van der Waals surface area contributed by atoms with Crippen molar-refractivity contribution in [3.8, 4) is 0 Å². The van der Waals surface area contributed by atoms with Crippen LogP contribution in [-0.4, -0.2) is 16.2 Å². The predicted molar refractivity (Wildman–Crippen MR) is 73.4 cm³/mol. The van der Waals surface area contributed by atoms with E-state index in [4.69, 9.17) is 10.3 Å². The molecule has 0 aromatic carbocycles. The summed E-state index contributed by atoms with van der Waals surface area (Å²) < 4.78 is 5.32. The van der Waals surface area contributed by atoms with Gasteiger partial charge in [0.15, 0.2) is 5.82 Å². The number of aromatic nitrogens is 2. The van der Waals surface area contributed by atoms with Crippen LogP contribution in [0.25, 0.3) is 0 Å². The molecule has 1 heterocycles. The summed E-state index contributed by atoms with van der Waals surface area (Å²) in [7, 11) is 0. The lowest BCUT2D eigenvalue weighted by Gasteiger charge is -2.07. The van der Waals surface area contributed by atoms with Crippen LogP contribution in [0.15, 0.2) is 4.52 Å².